The van der Waals surface area contributed by atoms with Gasteiger partial charge >= 0.3 is 5.97 Å². The van der Waals surface area contributed by atoms with Gasteiger partial charge < -0.3 is 15.0 Å². The predicted molar refractivity (Wildman–Crippen MR) is 65.6 cm³/mol. The molecule has 0 spiro atoms. The molecule has 0 radical (unpaired) electrons. The highest BCUT2D eigenvalue weighted by molar-refractivity contribution is 5.87. The Morgan fingerprint density at radius 2 is 2.17 bits per heavy atom. The largest absolute Gasteiger partial charge is 0.477 e. The van der Waals surface area contributed by atoms with Crippen molar-refractivity contribution in [3.8, 4) is 0 Å². The van der Waals surface area contributed by atoms with Crippen LogP contribution in [0, 0.1) is 0 Å². The predicted octanol–water partition coefficient (Wildman–Crippen LogP) is 0.463. The number of rotatable bonds is 6. The highest BCUT2D eigenvalue weighted by atomic mass is 16.4. The van der Waals surface area contributed by atoms with Gasteiger partial charge in [-0.05, 0) is 18.6 Å². The number of hydrogen-bond donors (Lipinski definition) is 2. The number of nitrogens with zero attached hydrogens (tertiary/aromatic N) is 1. The molecule has 6 nitrogen and oxygen atoms in total. The summed E-state index contributed by atoms with van der Waals surface area (Å²) in [4.78, 5) is 33.9. The Labute approximate surface area is 104 Å². The second-order valence-corrected chi connectivity index (χ2v) is 3.86. The molecule has 0 saturated heterocycles. The quantitative estimate of drug-likeness (QED) is 0.720. The second kappa shape index (κ2) is 6.58. The van der Waals surface area contributed by atoms with E-state index in [9.17, 15) is 14.4 Å². The number of carboxylic acids is 1. The number of carbonyl (C=O) groups excluding carboxylic acids is 1. The maximum Gasteiger partial charge on any atom is 0.341 e. The Morgan fingerprint density at radius 3 is 2.78 bits per heavy atom. The van der Waals surface area contributed by atoms with Crippen LogP contribution in [0.1, 0.15) is 30.1 Å². The molecule has 0 aliphatic rings. The molecule has 0 unspecified atom stereocenters. The molecule has 1 rings (SSSR count). The maximum absolute atomic E-state index is 11.7. The first-order valence-electron chi connectivity index (χ1n) is 5.75. The van der Waals surface area contributed by atoms with Crippen LogP contribution in [0.3, 0.4) is 0 Å². The number of unbranched alkanes of at least 4 members (excludes halogenated alkanes) is 1. The van der Waals surface area contributed by atoms with Gasteiger partial charge in [0.15, 0.2) is 0 Å². The summed E-state index contributed by atoms with van der Waals surface area (Å²) in [5.41, 5.74) is -1.01. The van der Waals surface area contributed by atoms with E-state index in [1.165, 1.54) is 18.3 Å². The zero-order valence-corrected chi connectivity index (χ0v) is 10.2. The molecular formula is C12H16N2O4. The van der Waals surface area contributed by atoms with Crippen LogP contribution in [0.4, 0.5) is 0 Å². The smallest absolute Gasteiger partial charge is 0.341 e. The molecule has 0 aliphatic heterocycles. The summed E-state index contributed by atoms with van der Waals surface area (Å²) in [6.07, 6.45) is 3.23. The monoisotopic (exact) mass is 252 g/mol. The fourth-order valence-corrected chi connectivity index (χ4v) is 1.44. The molecule has 0 saturated carbocycles. The van der Waals surface area contributed by atoms with Gasteiger partial charge in [0.2, 0.25) is 5.91 Å². The van der Waals surface area contributed by atoms with Crippen LogP contribution in [0.5, 0.6) is 0 Å². The molecule has 2 N–H and O–H groups in total. The maximum atomic E-state index is 11.7. The fraction of sp³-hybridized carbons (Fsp3) is 0.417. The van der Waals surface area contributed by atoms with E-state index in [0.29, 0.717) is 6.54 Å². The minimum atomic E-state index is -1.29. The van der Waals surface area contributed by atoms with Crippen molar-refractivity contribution < 1.29 is 14.7 Å². The third-order valence-electron chi connectivity index (χ3n) is 2.42. The SMILES string of the molecule is CCCCNC(=O)Cn1cccc(C(=O)O)c1=O. The zero-order chi connectivity index (χ0) is 13.5. The number of hydrogen-bond acceptors (Lipinski definition) is 3. The summed E-state index contributed by atoms with van der Waals surface area (Å²) in [7, 11) is 0. The third-order valence-corrected chi connectivity index (χ3v) is 2.42. The van der Waals surface area contributed by atoms with E-state index in [4.69, 9.17) is 5.11 Å². The van der Waals surface area contributed by atoms with Gasteiger partial charge in [0.05, 0.1) is 0 Å². The van der Waals surface area contributed by atoms with E-state index < -0.39 is 11.5 Å². The van der Waals surface area contributed by atoms with E-state index in [0.717, 1.165) is 17.4 Å². The highest BCUT2D eigenvalue weighted by Gasteiger charge is 2.11. The van der Waals surface area contributed by atoms with Crippen LogP contribution < -0.4 is 10.9 Å². The van der Waals surface area contributed by atoms with Crippen molar-refractivity contribution in [2.45, 2.75) is 26.3 Å². The first kappa shape index (κ1) is 14.0. The minimum Gasteiger partial charge on any atom is -0.477 e. The van der Waals surface area contributed by atoms with E-state index in [1.807, 2.05) is 6.92 Å². The molecule has 18 heavy (non-hydrogen) atoms. The molecule has 98 valence electrons. The number of carbonyl (C=O) groups is 2. The van der Waals surface area contributed by atoms with Crippen LogP contribution in [0.25, 0.3) is 0 Å². The van der Waals surface area contributed by atoms with E-state index in [1.54, 1.807) is 0 Å². The number of aromatic nitrogens is 1. The first-order chi connectivity index (χ1) is 8.56. The molecule has 0 bridgehead atoms. The normalized spacial score (nSPS) is 10.1. The molecule has 1 heterocycles. The average molecular weight is 252 g/mol. The van der Waals surface area contributed by atoms with E-state index >= 15 is 0 Å². The summed E-state index contributed by atoms with van der Waals surface area (Å²) in [5.74, 6) is -1.59. The zero-order valence-electron chi connectivity index (χ0n) is 10.2. The Kier molecular flexibility index (Phi) is 5.10. The van der Waals surface area contributed by atoms with Crippen LogP contribution in [-0.2, 0) is 11.3 Å². The lowest BCUT2D eigenvalue weighted by molar-refractivity contribution is -0.121. The van der Waals surface area contributed by atoms with E-state index in [2.05, 4.69) is 5.32 Å². The standard InChI is InChI=1S/C12H16N2O4/c1-2-3-6-13-10(15)8-14-7-4-5-9(11(14)16)12(17)18/h4-5,7H,2-3,6,8H2,1H3,(H,13,15)(H,17,18). The highest BCUT2D eigenvalue weighted by Crippen LogP contribution is 1.92. The molecule has 1 aromatic rings. The molecule has 6 heteroatoms. The van der Waals surface area contributed by atoms with E-state index in [-0.39, 0.29) is 18.0 Å². The van der Waals surface area contributed by atoms with Gasteiger partial charge in [-0.1, -0.05) is 13.3 Å². The lowest BCUT2D eigenvalue weighted by Gasteiger charge is -2.07. The van der Waals surface area contributed by atoms with Crippen LogP contribution in [-0.4, -0.2) is 28.1 Å². The van der Waals surface area contributed by atoms with Crippen molar-refractivity contribution in [2.75, 3.05) is 6.54 Å². The van der Waals surface area contributed by atoms with Crippen molar-refractivity contribution in [1.29, 1.82) is 0 Å². The average Bonchev–Trinajstić information content (AvgIpc) is 2.32. The molecule has 0 fully saturated rings. The molecule has 0 aliphatic carbocycles. The Hall–Kier alpha value is -2.11. The van der Waals surface area contributed by atoms with Gasteiger partial charge in [-0.15, -0.1) is 0 Å². The van der Waals surface area contributed by atoms with Gasteiger partial charge in [0.25, 0.3) is 5.56 Å². The first-order valence-corrected chi connectivity index (χ1v) is 5.75. The molecule has 0 atom stereocenters. The fourth-order valence-electron chi connectivity index (χ4n) is 1.44. The van der Waals surface area contributed by atoms with Crippen molar-refractivity contribution in [1.82, 2.24) is 9.88 Å². The van der Waals surface area contributed by atoms with Crippen molar-refractivity contribution >= 4 is 11.9 Å². The second-order valence-electron chi connectivity index (χ2n) is 3.86. The number of nitrogens with one attached hydrogen (secondary N) is 1. The molecule has 1 amide bonds. The number of carboxylic acid groups (broad SMARTS) is 1. The van der Waals surface area contributed by atoms with Crippen LogP contribution in [0.2, 0.25) is 0 Å². The summed E-state index contributed by atoms with van der Waals surface area (Å²) in [6, 6.07) is 2.65. The minimum absolute atomic E-state index is 0.163. The lowest BCUT2D eigenvalue weighted by atomic mass is 10.3. The number of aromatic carboxylic acids is 1. The summed E-state index contributed by atoms with van der Waals surface area (Å²) < 4.78 is 1.09. The summed E-state index contributed by atoms with van der Waals surface area (Å²) in [6.45, 7) is 2.40. The van der Waals surface area contributed by atoms with Crippen LogP contribution in [0.15, 0.2) is 23.1 Å². The van der Waals surface area contributed by atoms with Gasteiger partial charge in [-0.2, -0.15) is 0 Å². The lowest BCUT2D eigenvalue weighted by Crippen LogP contribution is -2.34. The number of pyridine rings is 1. The molecule has 1 aromatic heterocycles. The van der Waals surface area contributed by atoms with Crippen molar-refractivity contribution in [2.24, 2.45) is 0 Å². The van der Waals surface area contributed by atoms with Crippen LogP contribution >= 0.6 is 0 Å². The summed E-state index contributed by atoms with van der Waals surface area (Å²) in [5, 5.41) is 11.4. The third kappa shape index (κ3) is 3.73. The Balaban J connectivity index is 2.73. The Bertz CT molecular complexity index is 493. The molecular weight excluding hydrogens is 236 g/mol. The van der Waals surface area contributed by atoms with Crippen molar-refractivity contribution in [3.05, 3.63) is 34.2 Å². The van der Waals surface area contributed by atoms with Gasteiger partial charge in [-0.3, -0.25) is 9.59 Å². The Morgan fingerprint density at radius 1 is 1.44 bits per heavy atom. The molecule has 0 aromatic carbocycles. The van der Waals surface area contributed by atoms with Crippen molar-refractivity contribution in [3.63, 3.8) is 0 Å². The van der Waals surface area contributed by atoms with Gasteiger partial charge in [-0.25, -0.2) is 4.79 Å². The number of amides is 1. The van der Waals surface area contributed by atoms with Gasteiger partial charge in [0, 0.05) is 12.7 Å². The van der Waals surface area contributed by atoms with Gasteiger partial charge in [0.1, 0.15) is 12.1 Å². The summed E-state index contributed by atoms with van der Waals surface area (Å²) >= 11 is 0. The topological polar surface area (TPSA) is 88.4 Å².